The number of carbonyl (C=O) groups excluding carboxylic acids is 1. The Labute approximate surface area is 143 Å². The molecule has 4 rings (SSSR count). The van der Waals surface area contributed by atoms with Crippen LogP contribution in [-0.2, 0) is 0 Å². The number of thioether (sulfide) groups is 1. The number of aromatic nitrogens is 3. The Kier molecular flexibility index (Phi) is 3.90. The molecule has 1 amide bonds. The summed E-state index contributed by atoms with van der Waals surface area (Å²) in [4.78, 5) is 21.0. The van der Waals surface area contributed by atoms with Crippen molar-refractivity contribution in [2.45, 2.75) is 24.0 Å². The van der Waals surface area contributed by atoms with Crippen LogP contribution in [-0.4, -0.2) is 39.8 Å². The number of carbonyl (C=O) groups is 1. The molecule has 3 N–H and O–H groups in total. The summed E-state index contributed by atoms with van der Waals surface area (Å²) < 4.78 is 2.20. The maximum absolute atomic E-state index is 11.9. The Bertz CT molecular complexity index is 930. The van der Waals surface area contributed by atoms with Gasteiger partial charge in [-0.2, -0.15) is 0 Å². The molecule has 0 bridgehead atoms. The molecule has 124 valence electrons. The molecule has 24 heavy (non-hydrogen) atoms. The number of nitrogens with one attached hydrogen (secondary N) is 1. The van der Waals surface area contributed by atoms with Crippen LogP contribution >= 0.6 is 11.8 Å². The van der Waals surface area contributed by atoms with E-state index in [4.69, 9.17) is 10.7 Å². The SMILES string of the molecule is CSc1ncc2ccc3c(C(N)=O)cn(C4CCNCC4)c3c2n1. The van der Waals surface area contributed by atoms with Crippen molar-refractivity contribution in [2.75, 3.05) is 19.3 Å². The number of hydrogen-bond acceptors (Lipinski definition) is 5. The van der Waals surface area contributed by atoms with Crippen molar-refractivity contribution in [3.8, 4) is 0 Å². The zero-order chi connectivity index (χ0) is 16.7. The number of primary amides is 1. The number of benzene rings is 1. The number of rotatable bonds is 3. The van der Waals surface area contributed by atoms with E-state index < -0.39 is 5.91 Å². The van der Waals surface area contributed by atoms with Gasteiger partial charge >= 0.3 is 0 Å². The van der Waals surface area contributed by atoms with Gasteiger partial charge in [-0.15, -0.1) is 0 Å². The highest BCUT2D eigenvalue weighted by atomic mass is 32.2. The van der Waals surface area contributed by atoms with E-state index in [9.17, 15) is 4.79 Å². The second-order valence-corrected chi connectivity index (χ2v) is 6.83. The largest absolute Gasteiger partial charge is 0.366 e. The zero-order valence-electron chi connectivity index (χ0n) is 13.5. The van der Waals surface area contributed by atoms with E-state index in [2.05, 4.69) is 14.9 Å². The molecular formula is C17H19N5OS. The van der Waals surface area contributed by atoms with E-state index in [0.717, 1.165) is 52.9 Å². The van der Waals surface area contributed by atoms with Gasteiger partial charge in [0.1, 0.15) is 0 Å². The molecule has 1 aliphatic rings. The standard InChI is InChI=1S/C17H19N5OS/c1-24-17-20-8-10-2-3-12-13(16(18)23)9-22(15(12)14(10)21-17)11-4-6-19-7-5-11/h2-3,8-9,11,19H,4-7H2,1H3,(H2,18,23). The number of amides is 1. The average molecular weight is 341 g/mol. The van der Waals surface area contributed by atoms with E-state index in [-0.39, 0.29) is 0 Å². The van der Waals surface area contributed by atoms with Crippen LogP contribution in [0.1, 0.15) is 29.2 Å². The Morgan fingerprint density at radius 1 is 1.38 bits per heavy atom. The molecule has 3 aromatic rings. The van der Waals surface area contributed by atoms with Gasteiger partial charge in [-0.3, -0.25) is 4.79 Å². The van der Waals surface area contributed by atoms with Gasteiger partial charge in [-0.05, 0) is 32.2 Å². The van der Waals surface area contributed by atoms with Crippen molar-refractivity contribution in [2.24, 2.45) is 5.73 Å². The van der Waals surface area contributed by atoms with Crippen molar-refractivity contribution in [3.63, 3.8) is 0 Å². The predicted molar refractivity (Wildman–Crippen MR) is 96.5 cm³/mol. The first-order valence-electron chi connectivity index (χ1n) is 8.04. The summed E-state index contributed by atoms with van der Waals surface area (Å²) in [6, 6.07) is 4.26. The summed E-state index contributed by atoms with van der Waals surface area (Å²) in [5.41, 5.74) is 8.06. The Hall–Kier alpha value is -2.12. The third-order valence-electron chi connectivity index (χ3n) is 4.67. The highest BCUT2D eigenvalue weighted by molar-refractivity contribution is 7.98. The van der Waals surface area contributed by atoms with Gasteiger partial charge in [0.15, 0.2) is 5.16 Å². The molecule has 0 unspecified atom stereocenters. The summed E-state index contributed by atoms with van der Waals surface area (Å²) in [7, 11) is 0. The van der Waals surface area contributed by atoms with Gasteiger partial charge in [0.05, 0.1) is 16.6 Å². The van der Waals surface area contributed by atoms with Crippen molar-refractivity contribution in [3.05, 3.63) is 30.1 Å². The van der Waals surface area contributed by atoms with Crippen molar-refractivity contribution in [1.29, 1.82) is 0 Å². The molecule has 0 radical (unpaired) electrons. The quantitative estimate of drug-likeness (QED) is 0.564. The first kappa shape index (κ1) is 15.4. The van der Waals surface area contributed by atoms with Gasteiger partial charge in [0.25, 0.3) is 5.91 Å². The molecule has 0 aliphatic carbocycles. The summed E-state index contributed by atoms with van der Waals surface area (Å²) >= 11 is 1.51. The minimum atomic E-state index is -0.397. The fraction of sp³-hybridized carbons (Fsp3) is 0.353. The minimum absolute atomic E-state index is 0.347. The van der Waals surface area contributed by atoms with Gasteiger partial charge in [0.2, 0.25) is 0 Å². The summed E-state index contributed by atoms with van der Waals surface area (Å²) in [5.74, 6) is -0.397. The zero-order valence-corrected chi connectivity index (χ0v) is 14.3. The van der Waals surface area contributed by atoms with Gasteiger partial charge in [-0.1, -0.05) is 23.9 Å². The van der Waals surface area contributed by atoms with Crippen LogP contribution in [0.4, 0.5) is 0 Å². The normalized spacial score (nSPS) is 16.0. The number of fused-ring (bicyclic) bond motifs is 3. The highest BCUT2D eigenvalue weighted by Crippen LogP contribution is 2.33. The fourth-order valence-corrected chi connectivity index (χ4v) is 3.83. The average Bonchev–Trinajstić information content (AvgIpc) is 3.02. The molecule has 2 aromatic heterocycles. The molecule has 0 atom stereocenters. The molecule has 7 heteroatoms. The number of hydrogen-bond donors (Lipinski definition) is 2. The summed E-state index contributed by atoms with van der Waals surface area (Å²) in [5, 5.41) is 5.96. The Balaban J connectivity index is 2.05. The molecule has 0 saturated carbocycles. The molecule has 3 heterocycles. The van der Waals surface area contributed by atoms with Crippen LogP contribution in [0.5, 0.6) is 0 Å². The lowest BCUT2D eigenvalue weighted by Gasteiger charge is -2.25. The van der Waals surface area contributed by atoms with E-state index in [0.29, 0.717) is 11.6 Å². The van der Waals surface area contributed by atoms with Gasteiger partial charge < -0.3 is 15.6 Å². The topological polar surface area (TPSA) is 85.8 Å². The maximum atomic E-state index is 11.9. The van der Waals surface area contributed by atoms with Crippen molar-refractivity contribution in [1.82, 2.24) is 19.9 Å². The fourth-order valence-electron chi connectivity index (χ4n) is 3.49. The van der Waals surface area contributed by atoms with Crippen LogP contribution in [0.3, 0.4) is 0 Å². The van der Waals surface area contributed by atoms with E-state index in [1.54, 1.807) is 0 Å². The first-order valence-corrected chi connectivity index (χ1v) is 9.26. The molecule has 1 fully saturated rings. The summed E-state index contributed by atoms with van der Waals surface area (Å²) in [6.45, 7) is 1.96. The second-order valence-electron chi connectivity index (χ2n) is 6.05. The third-order valence-corrected chi connectivity index (χ3v) is 5.23. The van der Waals surface area contributed by atoms with Crippen LogP contribution < -0.4 is 11.1 Å². The molecular weight excluding hydrogens is 322 g/mol. The first-order chi connectivity index (χ1) is 11.7. The molecule has 1 saturated heterocycles. The smallest absolute Gasteiger partial charge is 0.250 e. The van der Waals surface area contributed by atoms with E-state index in [1.165, 1.54) is 11.8 Å². The predicted octanol–water partition coefficient (Wildman–Crippen LogP) is 2.33. The molecule has 1 aliphatic heterocycles. The minimum Gasteiger partial charge on any atom is -0.366 e. The van der Waals surface area contributed by atoms with E-state index in [1.807, 2.05) is 30.8 Å². The molecule has 0 spiro atoms. The lowest BCUT2D eigenvalue weighted by atomic mass is 10.1. The van der Waals surface area contributed by atoms with Crippen LogP contribution in [0.2, 0.25) is 0 Å². The van der Waals surface area contributed by atoms with Crippen LogP contribution in [0.15, 0.2) is 29.7 Å². The molecule has 6 nitrogen and oxygen atoms in total. The Morgan fingerprint density at radius 2 is 2.17 bits per heavy atom. The Morgan fingerprint density at radius 3 is 2.88 bits per heavy atom. The monoisotopic (exact) mass is 341 g/mol. The maximum Gasteiger partial charge on any atom is 0.250 e. The number of nitrogens with zero attached hydrogens (tertiary/aromatic N) is 3. The highest BCUT2D eigenvalue weighted by Gasteiger charge is 2.22. The summed E-state index contributed by atoms with van der Waals surface area (Å²) in [6.07, 6.45) is 7.76. The van der Waals surface area contributed by atoms with E-state index >= 15 is 0 Å². The van der Waals surface area contributed by atoms with Crippen molar-refractivity contribution >= 4 is 39.5 Å². The lowest BCUT2D eigenvalue weighted by Crippen LogP contribution is -2.29. The van der Waals surface area contributed by atoms with Crippen LogP contribution in [0.25, 0.3) is 21.8 Å². The van der Waals surface area contributed by atoms with Crippen molar-refractivity contribution < 1.29 is 4.79 Å². The third kappa shape index (κ3) is 2.44. The van der Waals surface area contributed by atoms with Crippen LogP contribution in [0, 0.1) is 0 Å². The second kappa shape index (κ2) is 6.07. The lowest BCUT2D eigenvalue weighted by molar-refractivity contribution is 0.100. The number of nitrogens with two attached hydrogens (primary N) is 1. The molecule has 1 aromatic carbocycles. The van der Waals surface area contributed by atoms with Gasteiger partial charge in [-0.25, -0.2) is 9.97 Å². The van der Waals surface area contributed by atoms with Gasteiger partial charge in [0, 0.05) is 29.2 Å². The number of piperidine rings is 1.